The quantitative estimate of drug-likeness (QED) is 0.762. The van der Waals surface area contributed by atoms with Crippen LogP contribution in [0.4, 0.5) is 10.1 Å². The number of aromatic hydroxyl groups is 1. The van der Waals surface area contributed by atoms with Gasteiger partial charge in [-0.25, -0.2) is 4.39 Å². The molecular formula is C15H13FN2O2S. The van der Waals surface area contributed by atoms with Crippen LogP contribution in [-0.4, -0.2) is 16.0 Å². The van der Waals surface area contributed by atoms with Crippen molar-refractivity contribution in [2.45, 2.75) is 6.92 Å². The van der Waals surface area contributed by atoms with Gasteiger partial charge in [-0.1, -0.05) is 23.8 Å². The number of carbonyl (C=O) groups excluding carboxylic acids is 1. The molecule has 0 aromatic heterocycles. The Labute approximate surface area is 126 Å². The first-order valence-electron chi connectivity index (χ1n) is 6.09. The second-order valence-electron chi connectivity index (χ2n) is 4.53. The monoisotopic (exact) mass is 304 g/mol. The lowest BCUT2D eigenvalue weighted by atomic mass is 10.1. The molecule has 108 valence electrons. The van der Waals surface area contributed by atoms with Gasteiger partial charge < -0.3 is 16.2 Å². The summed E-state index contributed by atoms with van der Waals surface area (Å²) in [7, 11) is 0. The molecular weight excluding hydrogens is 291 g/mol. The summed E-state index contributed by atoms with van der Waals surface area (Å²) in [4.78, 5) is 12.2. The van der Waals surface area contributed by atoms with Crippen LogP contribution in [0.3, 0.4) is 0 Å². The Hall–Kier alpha value is -2.47. The molecule has 6 heteroatoms. The van der Waals surface area contributed by atoms with E-state index in [1.807, 2.05) is 0 Å². The van der Waals surface area contributed by atoms with Crippen LogP contribution in [0, 0.1) is 12.7 Å². The number of phenolic OH excluding ortho intramolecular Hbond substituents is 1. The van der Waals surface area contributed by atoms with Gasteiger partial charge in [-0.3, -0.25) is 4.79 Å². The number of hydrogen-bond donors (Lipinski definition) is 3. The van der Waals surface area contributed by atoms with E-state index in [9.17, 15) is 14.3 Å². The molecule has 0 bridgehead atoms. The molecule has 21 heavy (non-hydrogen) atoms. The van der Waals surface area contributed by atoms with E-state index in [1.165, 1.54) is 18.2 Å². The minimum atomic E-state index is -0.527. The van der Waals surface area contributed by atoms with E-state index in [1.54, 1.807) is 19.1 Å². The molecule has 0 aliphatic rings. The third kappa shape index (κ3) is 3.35. The summed E-state index contributed by atoms with van der Waals surface area (Å²) in [6.45, 7) is 1.80. The molecule has 2 aromatic rings. The minimum absolute atomic E-state index is 0.0294. The van der Waals surface area contributed by atoms with Gasteiger partial charge in [-0.15, -0.1) is 0 Å². The van der Waals surface area contributed by atoms with E-state index >= 15 is 0 Å². The Bertz CT molecular complexity index is 732. The van der Waals surface area contributed by atoms with Crippen LogP contribution in [0.15, 0.2) is 36.4 Å². The molecule has 0 fully saturated rings. The van der Waals surface area contributed by atoms with E-state index in [-0.39, 0.29) is 27.6 Å². The van der Waals surface area contributed by atoms with Crippen molar-refractivity contribution >= 4 is 28.8 Å². The number of benzene rings is 2. The fraction of sp³-hybridized carbons (Fsp3) is 0.0667. The molecule has 0 atom stereocenters. The lowest BCUT2D eigenvalue weighted by Crippen LogP contribution is -2.18. The highest BCUT2D eigenvalue weighted by Gasteiger charge is 2.14. The summed E-state index contributed by atoms with van der Waals surface area (Å²) in [5.41, 5.74) is 6.97. The lowest BCUT2D eigenvalue weighted by molar-refractivity contribution is 0.102. The van der Waals surface area contributed by atoms with E-state index in [4.69, 9.17) is 18.0 Å². The van der Waals surface area contributed by atoms with Crippen LogP contribution in [0.25, 0.3) is 0 Å². The van der Waals surface area contributed by atoms with Crippen LogP contribution in [0.5, 0.6) is 5.75 Å². The third-order valence-corrected chi connectivity index (χ3v) is 3.11. The summed E-state index contributed by atoms with van der Waals surface area (Å²) in [6, 6.07) is 8.37. The summed E-state index contributed by atoms with van der Waals surface area (Å²) >= 11 is 4.84. The average molecular weight is 304 g/mol. The summed E-state index contributed by atoms with van der Waals surface area (Å²) < 4.78 is 13.2. The number of amides is 1. The predicted octanol–water partition coefficient (Wildman–Crippen LogP) is 2.73. The highest BCUT2D eigenvalue weighted by atomic mass is 32.1. The van der Waals surface area contributed by atoms with E-state index in [2.05, 4.69) is 5.32 Å². The van der Waals surface area contributed by atoms with Gasteiger partial charge in [0.2, 0.25) is 0 Å². The molecule has 4 N–H and O–H groups in total. The second kappa shape index (κ2) is 5.88. The summed E-state index contributed by atoms with van der Waals surface area (Å²) in [5, 5.41) is 12.3. The average Bonchev–Trinajstić information content (AvgIpc) is 2.43. The fourth-order valence-electron chi connectivity index (χ4n) is 1.85. The van der Waals surface area contributed by atoms with E-state index < -0.39 is 11.7 Å². The van der Waals surface area contributed by atoms with Crippen LogP contribution >= 0.6 is 12.2 Å². The van der Waals surface area contributed by atoms with Gasteiger partial charge in [0.25, 0.3) is 5.91 Å². The van der Waals surface area contributed by atoms with Crippen molar-refractivity contribution in [2.24, 2.45) is 5.73 Å². The number of hydrogen-bond acceptors (Lipinski definition) is 3. The smallest absolute Gasteiger partial charge is 0.259 e. The summed E-state index contributed by atoms with van der Waals surface area (Å²) in [6.07, 6.45) is 0. The van der Waals surface area contributed by atoms with Crippen LogP contribution < -0.4 is 11.1 Å². The molecule has 4 nitrogen and oxygen atoms in total. The Morgan fingerprint density at radius 3 is 2.62 bits per heavy atom. The Morgan fingerprint density at radius 1 is 1.24 bits per heavy atom. The second-order valence-corrected chi connectivity index (χ2v) is 4.97. The molecule has 0 aliphatic carbocycles. The highest BCUT2D eigenvalue weighted by Crippen LogP contribution is 2.22. The molecule has 2 aromatic carbocycles. The van der Waals surface area contributed by atoms with Gasteiger partial charge >= 0.3 is 0 Å². The molecule has 0 saturated heterocycles. The number of halogens is 1. The molecule has 0 saturated carbocycles. The number of thiocarbonyl (C=S) groups is 1. The standard InChI is InChI=1S/C15H13FN2O2S/c1-8-2-5-13(19)11(6-8)15(20)18-12-4-3-9(16)7-10(12)14(17)21/h2-7,19H,1H3,(H2,17,21)(H,18,20). The Kier molecular flexibility index (Phi) is 4.18. The van der Waals surface area contributed by atoms with Crippen molar-refractivity contribution < 1.29 is 14.3 Å². The number of rotatable bonds is 3. The maximum atomic E-state index is 13.2. The number of phenols is 1. The molecule has 0 unspecified atom stereocenters. The van der Waals surface area contributed by atoms with Crippen molar-refractivity contribution in [3.8, 4) is 5.75 Å². The molecule has 0 aliphatic heterocycles. The first kappa shape index (κ1) is 14.9. The van der Waals surface area contributed by atoms with Crippen LogP contribution in [0.1, 0.15) is 21.5 Å². The predicted molar refractivity (Wildman–Crippen MR) is 83.1 cm³/mol. The van der Waals surface area contributed by atoms with Crippen molar-refractivity contribution in [2.75, 3.05) is 5.32 Å². The van der Waals surface area contributed by atoms with E-state index in [0.717, 1.165) is 11.6 Å². The fourth-order valence-corrected chi connectivity index (χ4v) is 2.02. The number of carbonyl (C=O) groups is 1. The third-order valence-electron chi connectivity index (χ3n) is 2.89. The van der Waals surface area contributed by atoms with Gasteiger partial charge in [0.1, 0.15) is 16.6 Å². The summed E-state index contributed by atoms with van der Waals surface area (Å²) in [5.74, 6) is -1.17. The maximum absolute atomic E-state index is 13.2. The van der Waals surface area contributed by atoms with Crippen LogP contribution in [0.2, 0.25) is 0 Å². The molecule has 0 spiro atoms. The molecule has 2 rings (SSSR count). The Balaban J connectivity index is 2.36. The van der Waals surface area contributed by atoms with Crippen molar-refractivity contribution in [1.29, 1.82) is 0 Å². The first-order chi connectivity index (χ1) is 9.88. The minimum Gasteiger partial charge on any atom is -0.507 e. The first-order valence-corrected chi connectivity index (χ1v) is 6.49. The number of nitrogens with one attached hydrogen (secondary N) is 1. The van der Waals surface area contributed by atoms with E-state index in [0.29, 0.717) is 0 Å². The zero-order valence-electron chi connectivity index (χ0n) is 11.2. The lowest BCUT2D eigenvalue weighted by Gasteiger charge is -2.11. The largest absolute Gasteiger partial charge is 0.507 e. The SMILES string of the molecule is Cc1ccc(O)c(C(=O)Nc2ccc(F)cc2C(N)=S)c1. The highest BCUT2D eigenvalue weighted by molar-refractivity contribution is 7.80. The van der Waals surface area contributed by atoms with Gasteiger partial charge in [-0.2, -0.15) is 0 Å². The maximum Gasteiger partial charge on any atom is 0.259 e. The Morgan fingerprint density at radius 2 is 1.95 bits per heavy atom. The van der Waals surface area contributed by atoms with Crippen molar-refractivity contribution in [3.05, 3.63) is 58.9 Å². The molecule has 1 amide bonds. The van der Waals surface area contributed by atoms with Crippen LogP contribution in [-0.2, 0) is 0 Å². The van der Waals surface area contributed by atoms with Gasteiger partial charge in [0.05, 0.1) is 11.3 Å². The van der Waals surface area contributed by atoms with Gasteiger partial charge in [-0.05, 0) is 37.3 Å². The molecule has 0 heterocycles. The van der Waals surface area contributed by atoms with Gasteiger partial charge in [0, 0.05) is 5.56 Å². The normalized spacial score (nSPS) is 10.2. The van der Waals surface area contributed by atoms with Crippen molar-refractivity contribution in [3.63, 3.8) is 0 Å². The molecule has 0 radical (unpaired) electrons. The number of anilines is 1. The number of nitrogens with two attached hydrogens (primary N) is 1. The van der Waals surface area contributed by atoms with Gasteiger partial charge in [0.15, 0.2) is 0 Å². The zero-order valence-corrected chi connectivity index (χ0v) is 12.0. The zero-order chi connectivity index (χ0) is 15.6. The van der Waals surface area contributed by atoms with Crippen molar-refractivity contribution in [1.82, 2.24) is 0 Å². The number of aryl methyl sites for hydroxylation is 1. The topological polar surface area (TPSA) is 75.3 Å².